The first-order valence-electron chi connectivity index (χ1n) is 10.5. The van der Waals surface area contributed by atoms with Gasteiger partial charge in [-0.15, -0.1) is 0 Å². The Kier molecular flexibility index (Phi) is 6.96. The predicted octanol–water partition coefficient (Wildman–Crippen LogP) is 5.10. The fraction of sp³-hybridized carbons (Fsp3) is 0.480. The van der Waals surface area contributed by atoms with Gasteiger partial charge in [0.05, 0.1) is 23.9 Å². The van der Waals surface area contributed by atoms with Crippen molar-refractivity contribution in [1.29, 1.82) is 0 Å². The number of carbonyl (C=O) groups excluding carboxylic acids is 1. The van der Waals surface area contributed by atoms with Crippen LogP contribution in [0.5, 0.6) is 5.75 Å². The molecule has 156 valence electrons. The van der Waals surface area contributed by atoms with Crippen LogP contribution in [0.25, 0.3) is 5.57 Å². The molecule has 4 heteroatoms. The molecule has 1 aliphatic heterocycles. The number of aliphatic hydroxyl groups is 1. The highest BCUT2D eigenvalue weighted by Crippen LogP contribution is 2.37. The Balaban J connectivity index is 1.73. The van der Waals surface area contributed by atoms with Crippen molar-refractivity contribution in [2.24, 2.45) is 5.92 Å². The van der Waals surface area contributed by atoms with E-state index in [1.54, 1.807) is 12.1 Å². The molecule has 0 aromatic heterocycles. The van der Waals surface area contributed by atoms with Gasteiger partial charge in [-0.25, -0.2) is 0 Å². The molecule has 1 heterocycles. The SMILES string of the molecule is CC(C)=CCC/C(C)=C\Cc1cc(C2=COC3CC(O)CCC3C2=O)ccc1O. The number of hydrogen-bond acceptors (Lipinski definition) is 4. The molecule has 29 heavy (non-hydrogen) atoms. The summed E-state index contributed by atoms with van der Waals surface area (Å²) in [6.07, 6.45) is 9.76. The molecule has 0 saturated heterocycles. The molecule has 1 fully saturated rings. The lowest BCUT2D eigenvalue weighted by Gasteiger charge is -2.36. The van der Waals surface area contributed by atoms with Gasteiger partial charge in [0.1, 0.15) is 11.9 Å². The monoisotopic (exact) mass is 396 g/mol. The van der Waals surface area contributed by atoms with Crippen LogP contribution in [0.15, 0.2) is 47.8 Å². The Hall–Kier alpha value is -2.33. The van der Waals surface area contributed by atoms with E-state index < -0.39 is 0 Å². The first-order chi connectivity index (χ1) is 13.8. The van der Waals surface area contributed by atoms with Gasteiger partial charge in [0, 0.05) is 6.42 Å². The van der Waals surface area contributed by atoms with Crippen LogP contribution >= 0.6 is 0 Å². The van der Waals surface area contributed by atoms with Crippen molar-refractivity contribution in [1.82, 2.24) is 0 Å². The number of ketones is 1. The van der Waals surface area contributed by atoms with Crippen LogP contribution in [0.1, 0.15) is 64.0 Å². The third-order valence-corrected chi connectivity index (χ3v) is 5.88. The van der Waals surface area contributed by atoms with Gasteiger partial charge >= 0.3 is 0 Å². The maximum atomic E-state index is 13.0. The molecular weight excluding hydrogens is 364 g/mol. The molecule has 2 N–H and O–H groups in total. The molecule has 1 aromatic carbocycles. The minimum atomic E-state index is -0.383. The molecule has 0 bridgehead atoms. The summed E-state index contributed by atoms with van der Waals surface area (Å²) in [6, 6.07) is 5.32. The third-order valence-electron chi connectivity index (χ3n) is 5.88. The summed E-state index contributed by atoms with van der Waals surface area (Å²) in [4.78, 5) is 13.0. The smallest absolute Gasteiger partial charge is 0.173 e. The number of hydrogen-bond donors (Lipinski definition) is 2. The Morgan fingerprint density at radius 3 is 2.76 bits per heavy atom. The second-order valence-corrected chi connectivity index (χ2v) is 8.56. The zero-order valence-electron chi connectivity index (χ0n) is 17.6. The standard InChI is InChI=1S/C25H32O4/c1-16(2)5-4-6-17(3)7-8-19-13-18(9-12-23(19)27)22-15-29-24-14-20(26)10-11-21(24)25(22)28/h5,7,9,12-13,15,20-21,24,26-27H,4,6,8,10-11,14H2,1-3H3/b17-7-. The van der Waals surface area contributed by atoms with E-state index in [1.165, 1.54) is 17.4 Å². The van der Waals surface area contributed by atoms with E-state index in [2.05, 4.69) is 32.9 Å². The average Bonchev–Trinajstić information content (AvgIpc) is 2.67. The Bertz CT molecular complexity index is 842. The highest BCUT2D eigenvalue weighted by Gasteiger charge is 2.39. The van der Waals surface area contributed by atoms with E-state index in [0.717, 1.165) is 24.0 Å². The summed E-state index contributed by atoms with van der Waals surface area (Å²) >= 11 is 0. The van der Waals surface area contributed by atoms with Gasteiger partial charge < -0.3 is 14.9 Å². The molecule has 1 aromatic rings. The highest BCUT2D eigenvalue weighted by molar-refractivity contribution is 6.22. The number of phenolic OH excluding ortho intramolecular Hbond substituents is 1. The summed E-state index contributed by atoms with van der Waals surface area (Å²) in [5, 5.41) is 20.1. The van der Waals surface area contributed by atoms with Crippen molar-refractivity contribution in [3.63, 3.8) is 0 Å². The highest BCUT2D eigenvalue weighted by atomic mass is 16.5. The van der Waals surface area contributed by atoms with Crippen molar-refractivity contribution in [2.45, 2.75) is 71.5 Å². The summed E-state index contributed by atoms with van der Waals surface area (Å²) in [6.45, 7) is 6.31. The van der Waals surface area contributed by atoms with Crippen LogP contribution in [0.3, 0.4) is 0 Å². The summed E-state index contributed by atoms with van der Waals surface area (Å²) in [7, 11) is 0. The van der Waals surface area contributed by atoms with Crippen molar-refractivity contribution in [3.8, 4) is 5.75 Å². The quantitative estimate of drug-likeness (QED) is 0.657. The lowest BCUT2D eigenvalue weighted by molar-refractivity contribution is -0.126. The molecule has 0 radical (unpaired) electrons. The fourth-order valence-corrected chi connectivity index (χ4v) is 4.07. The van der Waals surface area contributed by atoms with Gasteiger partial charge in [-0.2, -0.15) is 0 Å². The number of aliphatic hydroxyl groups excluding tert-OH is 1. The van der Waals surface area contributed by atoms with Crippen LogP contribution in [0.4, 0.5) is 0 Å². The van der Waals surface area contributed by atoms with Crippen molar-refractivity contribution in [3.05, 3.63) is 58.9 Å². The maximum absolute atomic E-state index is 13.0. The Morgan fingerprint density at radius 2 is 2.00 bits per heavy atom. The number of ether oxygens (including phenoxy) is 1. The zero-order valence-corrected chi connectivity index (χ0v) is 17.6. The largest absolute Gasteiger partial charge is 0.508 e. The van der Waals surface area contributed by atoms with Gasteiger partial charge in [-0.1, -0.05) is 29.4 Å². The number of allylic oxidation sites excluding steroid dienone is 5. The fourth-order valence-electron chi connectivity index (χ4n) is 4.07. The number of carbonyl (C=O) groups is 1. The molecule has 0 spiro atoms. The van der Waals surface area contributed by atoms with Gasteiger partial charge in [-0.3, -0.25) is 4.79 Å². The third kappa shape index (κ3) is 5.39. The minimum Gasteiger partial charge on any atom is -0.508 e. The van der Waals surface area contributed by atoms with E-state index in [4.69, 9.17) is 4.74 Å². The van der Waals surface area contributed by atoms with Crippen LogP contribution < -0.4 is 0 Å². The van der Waals surface area contributed by atoms with Crippen LogP contribution in [-0.2, 0) is 16.0 Å². The molecule has 1 aliphatic carbocycles. The molecule has 4 nitrogen and oxygen atoms in total. The molecule has 1 saturated carbocycles. The first kappa shape index (κ1) is 21.4. The van der Waals surface area contributed by atoms with Crippen LogP contribution in [-0.4, -0.2) is 28.2 Å². The Morgan fingerprint density at radius 1 is 1.21 bits per heavy atom. The van der Waals surface area contributed by atoms with Crippen LogP contribution in [0.2, 0.25) is 0 Å². The first-order valence-corrected chi connectivity index (χ1v) is 10.5. The van der Waals surface area contributed by atoms with E-state index in [-0.39, 0.29) is 29.7 Å². The van der Waals surface area contributed by atoms with Crippen molar-refractivity contribution < 1.29 is 19.7 Å². The minimum absolute atomic E-state index is 0.0817. The van der Waals surface area contributed by atoms with Gasteiger partial charge in [0.25, 0.3) is 0 Å². The molecule has 3 rings (SSSR count). The summed E-state index contributed by atoms with van der Waals surface area (Å²) in [5.74, 6) is 0.136. The topological polar surface area (TPSA) is 66.8 Å². The molecule has 3 atom stereocenters. The predicted molar refractivity (Wildman–Crippen MR) is 115 cm³/mol. The lowest BCUT2D eigenvalue weighted by Crippen LogP contribution is -2.40. The second kappa shape index (κ2) is 9.45. The lowest BCUT2D eigenvalue weighted by atomic mass is 9.78. The molecule has 3 unspecified atom stereocenters. The normalized spacial score (nSPS) is 24.4. The van der Waals surface area contributed by atoms with E-state index in [1.807, 2.05) is 6.07 Å². The van der Waals surface area contributed by atoms with Gasteiger partial charge in [0.2, 0.25) is 0 Å². The number of Topliss-reactive ketones (excluding diaryl/α,β-unsaturated/α-hetero) is 1. The zero-order chi connectivity index (χ0) is 21.0. The summed E-state index contributed by atoms with van der Waals surface area (Å²) < 4.78 is 5.80. The van der Waals surface area contributed by atoms with Crippen molar-refractivity contribution in [2.75, 3.05) is 0 Å². The Labute approximate surface area is 173 Å². The number of fused-ring (bicyclic) bond motifs is 1. The molecular formula is C25H32O4. The van der Waals surface area contributed by atoms with Crippen LogP contribution in [0, 0.1) is 5.92 Å². The van der Waals surface area contributed by atoms with E-state index >= 15 is 0 Å². The average molecular weight is 397 g/mol. The summed E-state index contributed by atoms with van der Waals surface area (Å²) in [5.41, 5.74) is 4.76. The number of benzene rings is 1. The number of aromatic hydroxyl groups is 1. The van der Waals surface area contributed by atoms with Crippen molar-refractivity contribution >= 4 is 11.4 Å². The van der Waals surface area contributed by atoms with Gasteiger partial charge in [-0.05, 0) is 76.1 Å². The maximum Gasteiger partial charge on any atom is 0.173 e. The number of phenols is 1. The van der Waals surface area contributed by atoms with E-state index in [0.29, 0.717) is 31.3 Å². The van der Waals surface area contributed by atoms with Gasteiger partial charge in [0.15, 0.2) is 5.78 Å². The molecule has 2 aliphatic rings. The molecule has 0 amide bonds. The number of rotatable bonds is 6. The second-order valence-electron chi connectivity index (χ2n) is 8.56. The van der Waals surface area contributed by atoms with E-state index in [9.17, 15) is 15.0 Å².